The lowest BCUT2D eigenvalue weighted by Gasteiger charge is -2.52. The van der Waals surface area contributed by atoms with Crippen molar-refractivity contribution in [2.75, 3.05) is 13.7 Å². The molecule has 0 amide bonds. The highest BCUT2D eigenvalue weighted by atomic mass is 28.4. The van der Waals surface area contributed by atoms with Gasteiger partial charge < -0.3 is 13.7 Å². The molecular weight excluding hydrogens is 454 g/mol. The van der Waals surface area contributed by atoms with Gasteiger partial charge >= 0.3 is 8.56 Å². The van der Waals surface area contributed by atoms with Crippen LogP contribution < -0.4 is 13.7 Å². The van der Waals surface area contributed by atoms with Crippen LogP contribution in [0.15, 0.2) is 140 Å². The summed E-state index contributed by atoms with van der Waals surface area (Å²) in [5, 5.41) is 0. The molecule has 1 aliphatic heterocycles. The number of para-hydroxylation sites is 5. The van der Waals surface area contributed by atoms with E-state index in [4.69, 9.17) is 0 Å². The number of allylic oxidation sites excluding steroid dienone is 2. The quantitative estimate of drug-likeness (QED) is 0.264. The van der Waals surface area contributed by atoms with Crippen LogP contribution in [0.5, 0.6) is 0 Å². The lowest BCUT2D eigenvalue weighted by Crippen LogP contribution is -2.72. The van der Waals surface area contributed by atoms with Crippen LogP contribution in [0.1, 0.15) is 6.92 Å². The molecule has 0 radical (unpaired) electrons. The zero-order valence-electron chi connectivity index (χ0n) is 20.8. The number of anilines is 5. The molecule has 4 aromatic rings. The Morgan fingerprint density at radius 3 is 1.53 bits per heavy atom. The SMILES string of the molecule is CC1C=CC=CC1N(c1ccccc1)[Si]1(C)N(c2ccccc2)c2ccccc2N1c1ccccc1. The van der Waals surface area contributed by atoms with Gasteiger partial charge in [-0.1, -0.05) is 98.0 Å². The van der Waals surface area contributed by atoms with E-state index in [1.54, 1.807) is 0 Å². The van der Waals surface area contributed by atoms with Crippen molar-refractivity contribution < 1.29 is 0 Å². The molecule has 3 nitrogen and oxygen atoms in total. The van der Waals surface area contributed by atoms with Gasteiger partial charge in [-0.25, -0.2) is 0 Å². The topological polar surface area (TPSA) is 9.72 Å². The monoisotopic (exact) mass is 485 g/mol. The van der Waals surface area contributed by atoms with Gasteiger partial charge in [0.2, 0.25) is 0 Å². The second kappa shape index (κ2) is 9.21. The lowest BCUT2D eigenvalue weighted by atomic mass is 9.97. The highest BCUT2D eigenvalue weighted by molar-refractivity contribution is 6.92. The Morgan fingerprint density at radius 2 is 1.03 bits per heavy atom. The number of hydrogen-bond donors (Lipinski definition) is 0. The number of hydrogen-bond acceptors (Lipinski definition) is 3. The van der Waals surface area contributed by atoms with Gasteiger partial charge in [0, 0.05) is 23.1 Å². The largest absolute Gasteiger partial charge is 0.386 e. The van der Waals surface area contributed by atoms with Crippen LogP contribution in [0, 0.1) is 5.92 Å². The van der Waals surface area contributed by atoms with Gasteiger partial charge in [-0.05, 0) is 61.0 Å². The molecule has 0 saturated heterocycles. The maximum Gasteiger partial charge on any atom is 0.386 e. The summed E-state index contributed by atoms with van der Waals surface area (Å²) in [7, 11) is -2.72. The van der Waals surface area contributed by atoms with Gasteiger partial charge in [0.1, 0.15) is 0 Å². The first-order valence-corrected chi connectivity index (χ1v) is 15.0. The molecule has 0 N–H and O–H groups in total. The summed E-state index contributed by atoms with van der Waals surface area (Å²) in [4.78, 5) is 0. The smallest absolute Gasteiger partial charge is 0.357 e. The Kier molecular flexibility index (Phi) is 5.74. The fourth-order valence-electron chi connectivity index (χ4n) is 5.85. The first-order chi connectivity index (χ1) is 17.7. The fourth-order valence-corrected chi connectivity index (χ4v) is 10.6. The number of fused-ring (bicyclic) bond motifs is 1. The minimum atomic E-state index is -2.72. The molecule has 6 rings (SSSR count). The zero-order valence-corrected chi connectivity index (χ0v) is 21.8. The molecule has 2 atom stereocenters. The van der Waals surface area contributed by atoms with E-state index in [2.05, 4.69) is 167 Å². The third-order valence-corrected chi connectivity index (χ3v) is 11.6. The molecule has 36 heavy (non-hydrogen) atoms. The number of nitrogens with zero attached hydrogens (tertiary/aromatic N) is 3. The minimum absolute atomic E-state index is 0.223. The van der Waals surface area contributed by atoms with Crippen LogP contribution in [0.4, 0.5) is 28.4 Å². The highest BCUT2D eigenvalue weighted by Gasteiger charge is 2.57. The van der Waals surface area contributed by atoms with Crippen LogP contribution in [0.3, 0.4) is 0 Å². The third-order valence-electron chi connectivity index (χ3n) is 7.40. The summed E-state index contributed by atoms with van der Waals surface area (Å²) < 4.78 is 8.01. The molecule has 1 aliphatic carbocycles. The first-order valence-electron chi connectivity index (χ1n) is 12.7. The van der Waals surface area contributed by atoms with Gasteiger partial charge in [-0.3, -0.25) is 0 Å². The van der Waals surface area contributed by atoms with E-state index in [9.17, 15) is 0 Å². The number of rotatable bonds is 5. The van der Waals surface area contributed by atoms with Gasteiger partial charge in [-0.15, -0.1) is 0 Å². The summed E-state index contributed by atoms with van der Waals surface area (Å²) in [5.74, 6) is 0.374. The molecule has 0 spiro atoms. The molecule has 2 unspecified atom stereocenters. The van der Waals surface area contributed by atoms with E-state index >= 15 is 0 Å². The standard InChI is InChI=1S/C32H31N3Si/c1-26-16-12-13-23-30(26)33(27-17-6-3-7-18-27)36(2)34(28-19-8-4-9-20-28)31-24-14-15-25-32(31)35(36)29-21-10-5-11-22-29/h3-26,30H,1-2H3. The molecule has 0 aromatic heterocycles. The van der Waals surface area contributed by atoms with Crippen LogP contribution >= 0.6 is 0 Å². The Bertz CT molecular complexity index is 1320. The van der Waals surface area contributed by atoms with E-state index in [1.165, 1.54) is 28.4 Å². The second-order valence-electron chi connectivity index (χ2n) is 9.63. The maximum atomic E-state index is 2.73. The van der Waals surface area contributed by atoms with Crippen LogP contribution in [0.25, 0.3) is 0 Å². The summed E-state index contributed by atoms with van der Waals surface area (Å²) in [6.45, 7) is 4.83. The van der Waals surface area contributed by atoms with Crippen LogP contribution in [-0.4, -0.2) is 14.6 Å². The van der Waals surface area contributed by atoms with Gasteiger partial charge in [0.25, 0.3) is 0 Å². The molecule has 4 aromatic carbocycles. The average Bonchev–Trinajstić information content (AvgIpc) is 3.20. The van der Waals surface area contributed by atoms with Crippen molar-refractivity contribution in [3.63, 3.8) is 0 Å². The molecule has 2 aliphatic rings. The van der Waals surface area contributed by atoms with E-state index in [-0.39, 0.29) is 6.04 Å². The van der Waals surface area contributed by atoms with Crippen LogP contribution in [0.2, 0.25) is 6.55 Å². The predicted octanol–water partition coefficient (Wildman–Crippen LogP) is 8.18. The third kappa shape index (κ3) is 3.57. The van der Waals surface area contributed by atoms with Gasteiger partial charge in [0.05, 0.1) is 11.4 Å². The summed E-state index contributed by atoms with van der Waals surface area (Å²) in [6.07, 6.45) is 9.10. The van der Waals surface area contributed by atoms with Gasteiger partial charge in [-0.2, -0.15) is 0 Å². The highest BCUT2D eigenvalue weighted by Crippen LogP contribution is 2.53. The maximum absolute atomic E-state index is 2.73. The van der Waals surface area contributed by atoms with E-state index < -0.39 is 8.56 Å². The molecular formula is C32H31N3Si. The second-order valence-corrected chi connectivity index (χ2v) is 12.9. The summed E-state index contributed by atoms with van der Waals surface area (Å²) in [6, 6.07) is 41.9. The zero-order chi connectivity index (χ0) is 24.5. The summed E-state index contributed by atoms with van der Waals surface area (Å²) in [5.41, 5.74) is 6.21. The van der Waals surface area contributed by atoms with Crippen molar-refractivity contribution in [1.29, 1.82) is 0 Å². The van der Waals surface area contributed by atoms with Crippen molar-refractivity contribution in [3.8, 4) is 0 Å². The van der Waals surface area contributed by atoms with Gasteiger partial charge in [0.15, 0.2) is 0 Å². The van der Waals surface area contributed by atoms with E-state index in [0.29, 0.717) is 5.92 Å². The van der Waals surface area contributed by atoms with Crippen molar-refractivity contribution in [2.24, 2.45) is 5.92 Å². The Labute approximate surface area is 215 Å². The molecule has 178 valence electrons. The molecule has 1 heterocycles. The van der Waals surface area contributed by atoms with Crippen molar-refractivity contribution in [1.82, 2.24) is 0 Å². The summed E-state index contributed by atoms with van der Waals surface area (Å²) >= 11 is 0. The lowest BCUT2D eigenvalue weighted by molar-refractivity contribution is 0.616. The van der Waals surface area contributed by atoms with Crippen molar-refractivity contribution in [3.05, 3.63) is 140 Å². The van der Waals surface area contributed by atoms with Crippen LogP contribution in [-0.2, 0) is 0 Å². The molecule has 0 bridgehead atoms. The van der Waals surface area contributed by atoms with E-state index in [1.807, 2.05) is 0 Å². The Balaban J connectivity index is 1.67. The Morgan fingerprint density at radius 1 is 0.583 bits per heavy atom. The Hall–Kier alpha value is -4.02. The predicted molar refractivity (Wildman–Crippen MR) is 155 cm³/mol. The van der Waals surface area contributed by atoms with Crippen molar-refractivity contribution >= 4 is 37.0 Å². The average molecular weight is 486 g/mol. The fraction of sp³-hybridized carbons (Fsp3) is 0.125. The first kappa shape index (κ1) is 22.4. The van der Waals surface area contributed by atoms with E-state index in [0.717, 1.165) is 0 Å². The normalized spacial score (nSPS) is 19.8. The minimum Gasteiger partial charge on any atom is -0.357 e. The molecule has 0 saturated carbocycles. The number of benzene rings is 4. The molecule has 0 fully saturated rings. The molecule has 4 heteroatoms. The van der Waals surface area contributed by atoms with Crippen molar-refractivity contribution in [2.45, 2.75) is 19.5 Å².